The predicted molar refractivity (Wildman–Crippen MR) is 218 cm³/mol. The Labute approximate surface area is 344 Å². The average Bonchev–Trinajstić information content (AvgIpc) is 3.92. The minimum atomic E-state index is -1.37. The van der Waals surface area contributed by atoms with Gasteiger partial charge in [-0.05, 0) is 89.0 Å². The zero-order valence-corrected chi connectivity index (χ0v) is 34.4. The number of aliphatic hydroxyl groups excluding tert-OH is 1. The molecular weight excluding hydrogens is 766 g/mol. The van der Waals surface area contributed by atoms with Crippen molar-refractivity contribution in [3.8, 4) is 5.75 Å². The van der Waals surface area contributed by atoms with Crippen molar-refractivity contribution in [2.75, 3.05) is 32.8 Å². The summed E-state index contributed by atoms with van der Waals surface area (Å²) in [6, 6.07) is -1.41. The summed E-state index contributed by atoms with van der Waals surface area (Å²) in [7, 11) is 0. The highest BCUT2D eigenvalue weighted by Gasteiger charge is 2.38. The van der Waals surface area contributed by atoms with E-state index in [4.69, 9.17) is 11.5 Å². The second kappa shape index (κ2) is 23.8. The maximum absolute atomic E-state index is 13.9. The van der Waals surface area contributed by atoms with Crippen LogP contribution in [-0.4, -0.2) is 138 Å². The van der Waals surface area contributed by atoms with Crippen LogP contribution in [0.25, 0.3) is 0 Å². The zero-order valence-electron chi connectivity index (χ0n) is 34.4. The SMILES string of the molecule is CCNC(=O)[C@@H]1CCCN1C(=O)[C@H](CCCN=C(N)N)NC(=O)[C@H](CC(C)C)NC(=O)[C@@H](C)NC(=O)[C@H](Cc1ccc(O)cc1)NC(=O)[C@H](CO)NC(=O)[C@@H]1CCCN1. The number of aliphatic imine (C=N–C) groups is 1. The molecule has 2 fully saturated rings. The molecule has 0 aliphatic carbocycles. The Balaban J connectivity index is 1.76. The first kappa shape index (κ1) is 47.9. The van der Waals surface area contributed by atoms with Crippen molar-refractivity contribution in [2.45, 2.75) is 121 Å². The lowest BCUT2D eigenvalue weighted by atomic mass is 10.0. The van der Waals surface area contributed by atoms with Crippen molar-refractivity contribution >= 4 is 47.3 Å². The van der Waals surface area contributed by atoms with E-state index in [0.717, 1.165) is 6.42 Å². The lowest BCUT2D eigenvalue weighted by molar-refractivity contribution is -0.142. The van der Waals surface area contributed by atoms with Crippen molar-refractivity contribution < 1.29 is 43.8 Å². The first-order valence-electron chi connectivity index (χ1n) is 20.3. The van der Waals surface area contributed by atoms with Crippen molar-refractivity contribution in [3.05, 3.63) is 29.8 Å². The van der Waals surface area contributed by atoms with Crippen LogP contribution in [0, 0.1) is 5.92 Å². The van der Waals surface area contributed by atoms with E-state index in [2.05, 4.69) is 42.2 Å². The molecule has 0 bridgehead atoms. The maximum atomic E-state index is 13.9. The van der Waals surface area contributed by atoms with Gasteiger partial charge < -0.3 is 63.8 Å². The number of rotatable bonds is 22. The molecule has 7 amide bonds. The molecule has 20 nitrogen and oxygen atoms in total. The van der Waals surface area contributed by atoms with Gasteiger partial charge in [0.05, 0.1) is 12.6 Å². The minimum Gasteiger partial charge on any atom is -0.508 e. The van der Waals surface area contributed by atoms with Crippen LogP contribution in [0.1, 0.15) is 78.2 Å². The van der Waals surface area contributed by atoms with Gasteiger partial charge in [-0.25, -0.2) is 0 Å². The summed E-state index contributed by atoms with van der Waals surface area (Å²) >= 11 is 0. The molecule has 20 heteroatoms. The molecule has 2 aliphatic rings. The fraction of sp³-hybridized carbons (Fsp3) is 0.641. The number of likely N-dealkylation sites (N-methyl/N-ethyl adjacent to an activating group) is 1. The van der Waals surface area contributed by atoms with Crippen LogP contribution >= 0.6 is 0 Å². The third-order valence-electron chi connectivity index (χ3n) is 10.0. The fourth-order valence-corrected chi connectivity index (χ4v) is 6.93. The zero-order chi connectivity index (χ0) is 43.6. The summed E-state index contributed by atoms with van der Waals surface area (Å²) in [5.74, 6) is -4.45. The lowest BCUT2D eigenvalue weighted by Crippen LogP contribution is -2.60. The number of benzene rings is 1. The standard InChI is InChI=1S/C39H63N11O9/c1-5-42-37(58)31-11-8-18-50(31)38(59)27(10-7-17-44-39(40)41)46-35(56)28(19-22(2)3)47-32(53)23(4)45-34(55)29(20-24-12-14-25(52)15-13-24)48-36(57)30(21-51)49-33(54)26-9-6-16-43-26/h12-15,22-23,26-31,43,51-52H,5-11,16-21H2,1-4H3,(H,42,58)(H,45,55)(H,46,56)(H,47,53)(H,48,57)(H,49,54)(H4,40,41,44)/t23-,26+,27+,28+,29+,30+,31+/m1/s1. The Hall–Kier alpha value is -5.50. The van der Waals surface area contributed by atoms with Gasteiger partial charge in [-0.15, -0.1) is 0 Å². The van der Waals surface area contributed by atoms with Crippen LogP contribution in [0.5, 0.6) is 5.75 Å². The van der Waals surface area contributed by atoms with Crippen molar-refractivity contribution in [1.82, 2.24) is 42.1 Å². The van der Waals surface area contributed by atoms with Crippen LogP contribution in [0.4, 0.5) is 0 Å². The third-order valence-corrected chi connectivity index (χ3v) is 10.0. The van der Waals surface area contributed by atoms with Crippen LogP contribution in [0.3, 0.4) is 0 Å². The molecule has 2 saturated heterocycles. The highest BCUT2D eigenvalue weighted by molar-refractivity contribution is 5.97. The molecule has 0 radical (unpaired) electrons. The number of carbonyl (C=O) groups excluding carboxylic acids is 7. The molecule has 1 aromatic carbocycles. The molecule has 2 heterocycles. The molecule has 0 unspecified atom stereocenters. The Morgan fingerprint density at radius 1 is 0.831 bits per heavy atom. The van der Waals surface area contributed by atoms with Gasteiger partial charge in [0.15, 0.2) is 5.96 Å². The molecule has 3 rings (SSSR count). The minimum absolute atomic E-state index is 0.0195. The van der Waals surface area contributed by atoms with E-state index in [1.54, 1.807) is 19.1 Å². The number of amides is 7. The molecule has 0 saturated carbocycles. The van der Waals surface area contributed by atoms with E-state index in [1.165, 1.54) is 24.0 Å². The summed E-state index contributed by atoms with van der Waals surface area (Å²) in [4.78, 5) is 99.4. The summed E-state index contributed by atoms with van der Waals surface area (Å²) in [5, 5.41) is 38.7. The number of carbonyl (C=O) groups is 7. The van der Waals surface area contributed by atoms with Gasteiger partial charge in [0.2, 0.25) is 41.4 Å². The van der Waals surface area contributed by atoms with E-state index < -0.39 is 84.3 Å². The third kappa shape index (κ3) is 15.3. The van der Waals surface area contributed by atoms with E-state index >= 15 is 0 Å². The Bertz CT molecular complexity index is 1630. The second-order valence-electron chi connectivity index (χ2n) is 15.3. The van der Waals surface area contributed by atoms with E-state index in [-0.39, 0.29) is 49.3 Å². The number of hydrogen-bond acceptors (Lipinski definition) is 11. The lowest BCUT2D eigenvalue weighted by Gasteiger charge is -2.30. The van der Waals surface area contributed by atoms with Crippen molar-refractivity contribution in [3.63, 3.8) is 0 Å². The van der Waals surface area contributed by atoms with Crippen LogP contribution < -0.4 is 48.7 Å². The average molecular weight is 830 g/mol. The first-order valence-corrected chi connectivity index (χ1v) is 20.3. The van der Waals surface area contributed by atoms with Crippen LogP contribution in [0.2, 0.25) is 0 Å². The number of hydrogen-bond donors (Lipinski definition) is 11. The Morgan fingerprint density at radius 2 is 1.47 bits per heavy atom. The number of phenols is 1. The molecule has 0 spiro atoms. The highest BCUT2D eigenvalue weighted by Crippen LogP contribution is 2.20. The second-order valence-corrected chi connectivity index (χ2v) is 15.3. The van der Waals surface area contributed by atoms with Crippen molar-refractivity contribution in [2.24, 2.45) is 22.4 Å². The van der Waals surface area contributed by atoms with Gasteiger partial charge in [0, 0.05) is 26.1 Å². The quantitative estimate of drug-likeness (QED) is 0.0325. The maximum Gasteiger partial charge on any atom is 0.245 e. The molecule has 7 atom stereocenters. The molecule has 328 valence electrons. The van der Waals surface area contributed by atoms with E-state index in [0.29, 0.717) is 50.9 Å². The topological polar surface area (TPSA) is 312 Å². The first-order chi connectivity index (χ1) is 28.0. The van der Waals surface area contributed by atoms with Gasteiger partial charge in [-0.3, -0.25) is 38.6 Å². The van der Waals surface area contributed by atoms with Gasteiger partial charge in [0.25, 0.3) is 0 Å². The monoisotopic (exact) mass is 829 g/mol. The van der Waals surface area contributed by atoms with Crippen molar-refractivity contribution in [1.29, 1.82) is 0 Å². The molecule has 2 aliphatic heterocycles. The van der Waals surface area contributed by atoms with Crippen LogP contribution in [-0.2, 0) is 40.0 Å². The number of aliphatic hydroxyl groups is 1. The molecule has 1 aromatic rings. The number of phenolic OH excluding ortho intramolecular Hbond substituents is 1. The molecule has 0 aromatic heterocycles. The largest absolute Gasteiger partial charge is 0.508 e. The number of nitrogens with zero attached hydrogens (tertiary/aromatic N) is 2. The summed E-state index contributed by atoms with van der Waals surface area (Å²) in [6.07, 6.45) is 2.96. The fourth-order valence-electron chi connectivity index (χ4n) is 6.93. The highest BCUT2D eigenvalue weighted by atomic mass is 16.3. The molecule has 59 heavy (non-hydrogen) atoms. The Morgan fingerprint density at radius 3 is 2.08 bits per heavy atom. The number of aromatic hydroxyl groups is 1. The Kier molecular flexibility index (Phi) is 19.3. The number of nitrogens with two attached hydrogens (primary N) is 2. The van der Waals surface area contributed by atoms with Gasteiger partial charge in [-0.1, -0.05) is 26.0 Å². The summed E-state index contributed by atoms with van der Waals surface area (Å²) in [6.45, 7) is 7.67. The number of likely N-dealkylation sites (tertiary alicyclic amines) is 1. The molecular formula is C39H63N11O9. The van der Waals surface area contributed by atoms with E-state index in [9.17, 15) is 43.8 Å². The summed E-state index contributed by atoms with van der Waals surface area (Å²) in [5.41, 5.74) is 11.5. The van der Waals surface area contributed by atoms with Gasteiger partial charge in [0.1, 0.15) is 42.0 Å². The number of guanidine groups is 1. The predicted octanol–water partition coefficient (Wildman–Crippen LogP) is -2.65. The van der Waals surface area contributed by atoms with Gasteiger partial charge in [-0.2, -0.15) is 0 Å². The smallest absolute Gasteiger partial charge is 0.245 e. The molecule has 13 N–H and O–H groups in total. The van der Waals surface area contributed by atoms with Crippen LogP contribution in [0.15, 0.2) is 29.3 Å². The normalized spacial score (nSPS) is 18.7. The summed E-state index contributed by atoms with van der Waals surface area (Å²) < 4.78 is 0. The van der Waals surface area contributed by atoms with Gasteiger partial charge >= 0.3 is 0 Å². The number of nitrogens with one attached hydrogen (secondary N) is 7. The van der Waals surface area contributed by atoms with E-state index in [1.807, 2.05) is 13.8 Å².